The smallest absolute Gasteiger partial charge is 0.220 e. The predicted molar refractivity (Wildman–Crippen MR) is 37.7 cm³/mol. The number of carbonyl (C=O) groups is 1. The first-order valence-electron chi connectivity index (χ1n) is 3.76. The van der Waals surface area contributed by atoms with Gasteiger partial charge < -0.3 is 10.6 Å². The van der Waals surface area contributed by atoms with Crippen molar-refractivity contribution in [1.82, 2.24) is 5.32 Å². The normalized spacial score (nSPS) is 35.5. The molecule has 2 unspecified atom stereocenters. The van der Waals surface area contributed by atoms with Gasteiger partial charge in [0.25, 0.3) is 0 Å². The molecule has 0 saturated carbocycles. The fourth-order valence-electron chi connectivity index (χ4n) is 1.72. The summed E-state index contributed by atoms with van der Waals surface area (Å²) >= 11 is 0. The predicted octanol–water partition coefficient (Wildman–Crippen LogP) is 0.123. The summed E-state index contributed by atoms with van der Waals surface area (Å²) in [6, 6.07) is 0. The van der Waals surface area contributed by atoms with Gasteiger partial charge in [-0.2, -0.15) is 0 Å². The zero-order valence-corrected chi connectivity index (χ0v) is 10.6. The van der Waals surface area contributed by atoms with Crippen LogP contribution in [0, 0.1) is 11.8 Å². The maximum absolute atomic E-state index is 10.9. The Hall–Kier alpha value is 0.352. The van der Waals surface area contributed by atoms with E-state index < -0.39 is 0 Å². The first-order chi connectivity index (χ1) is 4.86. The number of nitrogens with zero attached hydrogens (tertiary/aromatic N) is 1. The number of rotatable bonds is 0. The molecule has 0 aromatic carbocycles. The number of fused-ring (bicyclic) bond motifs is 1. The van der Waals surface area contributed by atoms with E-state index in [9.17, 15) is 4.79 Å². The van der Waals surface area contributed by atoms with Crippen molar-refractivity contribution in [2.24, 2.45) is 11.8 Å². The van der Waals surface area contributed by atoms with Crippen LogP contribution in [0.5, 0.6) is 0 Å². The third kappa shape index (κ3) is 1.93. The number of hydrogen-bond donors (Lipinski definition) is 1. The molecule has 1 amide bonds. The molecule has 0 aliphatic carbocycles. The summed E-state index contributed by atoms with van der Waals surface area (Å²) in [6.45, 7) is 2.73. The molecular formula is C7H11CdN2O-. The van der Waals surface area contributed by atoms with Crippen LogP contribution in [0.25, 0.3) is 5.32 Å². The molecule has 0 aromatic heterocycles. The van der Waals surface area contributed by atoms with Gasteiger partial charge in [0.2, 0.25) is 5.91 Å². The van der Waals surface area contributed by atoms with Crippen molar-refractivity contribution in [2.75, 3.05) is 19.6 Å². The fourth-order valence-corrected chi connectivity index (χ4v) is 1.72. The van der Waals surface area contributed by atoms with Crippen LogP contribution < -0.4 is 5.32 Å². The quantitative estimate of drug-likeness (QED) is 0.611. The number of nitrogens with one attached hydrogen (secondary N) is 1. The molecule has 0 spiro atoms. The molecule has 4 heteroatoms. The first-order valence-corrected chi connectivity index (χ1v) is 3.76. The maximum atomic E-state index is 10.9. The van der Waals surface area contributed by atoms with Gasteiger partial charge >= 0.3 is 0 Å². The monoisotopic (exact) mass is 253 g/mol. The number of carbonyl (C=O) groups excluding carboxylic acids is 1. The van der Waals surface area contributed by atoms with E-state index in [4.69, 9.17) is 0 Å². The van der Waals surface area contributed by atoms with Crippen LogP contribution in [0.4, 0.5) is 0 Å². The molecule has 11 heavy (non-hydrogen) atoms. The summed E-state index contributed by atoms with van der Waals surface area (Å²) in [5.41, 5.74) is 0. The van der Waals surface area contributed by atoms with Crippen LogP contribution in [-0.4, -0.2) is 25.5 Å². The molecule has 2 atom stereocenters. The molecule has 0 radical (unpaired) electrons. The van der Waals surface area contributed by atoms with Crippen LogP contribution in [-0.2, 0) is 32.1 Å². The number of hydrogen-bond acceptors (Lipinski definition) is 1. The van der Waals surface area contributed by atoms with Crippen molar-refractivity contribution in [3.63, 3.8) is 0 Å². The average molecular weight is 252 g/mol. The Morgan fingerprint density at radius 3 is 2.91 bits per heavy atom. The Bertz CT molecular complexity index is 163. The first kappa shape index (κ1) is 9.44. The summed E-state index contributed by atoms with van der Waals surface area (Å²) in [6.07, 6.45) is 0.703. The summed E-state index contributed by atoms with van der Waals surface area (Å²) in [5, 5.41) is 7.12. The molecule has 1 N–H and O–H groups in total. The standard InChI is InChI=1S/C7H11N2O.Cd/c10-7-1-5-2-8-3-6(5)4-9-7;/h5-6H,1-4H2,(H,9,10);/q-1;. The largest absolute Gasteiger partial charge is 0.662 e. The van der Waals surface area contributed by atoms with Crippen LogP contribution in [0.1, 0.15) is 6.42 Å². The second-order valence-electron chi connectivity index (χ2n) is 3.12. The Morgan fingerprint density at radius 2 is 2.09 bits per heavy atom. The van der Waals surface area contributed by atoms with Gasteiger partial charge in [-0.25, -0.2) is 0 Å². The number of amides is 1. The van der Waals surface area contributed by atoms with E-state index in [1.165, 1.54) is 0 Å². The SMILES string of the molecule is O=C1CC2C[N-]CC2CN1.[Cd]. The van der Waals surface area contributed by atoms with Gasteiger partial charge in [0.15, 0.2) is 0 Å². The Balaban J connectivity index is 0.000000605. The van der Waals surface area contributed by atoms with Crippen molar-refractivity contribution >= 4 is 5.91 Å². The zero-order valence-electron chi connectivity index (χ0n) is 6.55. The van der Waals surface area contributed by atoms with Crippen LogP contribution in [0.3, 0.4) is 0 Å². The molecule has 2 aliphatic rings. The van der Waals surface area contributed by atoms with Crippen LogP contribution in [0.2, 0.25) is 0 Å². The van der Waals surface area contributed by atoms with E-state index in [1.54, 1.807) is 0 Å². The van der Waals surface area contributed by atoms with Crippen LogP contribution >= 0.6 is 0 Å². The summed E-state index contributed by atoms with van der Waals surface area (Å²) in [5.74, 6) is 1.42. The van der Waals surface area contributed by atoms with Crippen molar-refractivity contribution in [2.45, 2.75) is 6.42 Å². The Morgan fingerprint density at radius 1 is 1.36 bits per heavy atom. The molecule has 2 heterocycles. The summed E-state index contributed by atoms with van der Waals surface area (Å²) in [4.78, 5) is 10.9. The molecule has 0 aromatic rings. The zero-order chi connectivity index (χ0) is 6.97. The van der Waals surface area contributed by atoms with Gasteiger partial charge in [-0.3, -0.25) is 4.79 Å². The third-order valence-corrected chi connectivity index (χ3v) is 2.40. The maximum Gasteiger partial charge on any atom is 0.220 e. The summed E-state index contributed by atoms with van der Waals surface area (Å²) in [7, 11) is 0. The topological polar surface area (TPSA) is 43.2 Å². The molecule has 2 aliphatic heterocycles. The second-order valence-corrected chi connectivity index (χ2v) is 3.12. The molecule has 2 fully saturated rings. The molecule has 2 saturated heterocycles. The molecule has 58 valence electrons. The summed E-state index contributed by atoms with van der Waals surface area (Å²) < 4.78 is 0. The molecule has 0 bridgehead atoms. The van der Waals surface area contributed by atoms with Gasteiger partial charge in [-0.1, -0.05) is 0 Å². The fraction of sp³-hybridized carbons (Fsp3) is 0.857. The van der Waals surface area contributed by atoms with E-state index in [2.05, 4.69) is 10.6 Å². The van der Waals surface area contributed by atoms with Gasteiger partial charge in [-0.05, 0) is 11.8 Å². The van der Waals surface area contributed by atoms with Gasteiger partial charge in [0, 0.05) is 40.3 Å². The second kappa shape index (κ2) is 3.84. The van der Waals surface area contributed by atoms with E-state index in [0.29, 0.717) is 18.3 Å². The number of piperidine rings is 1. The Labute approximate surface area is 86.5 Å². The van der Waals surface area contributed by atoms with Gasteiger partial charge in [-0.15, -0.1) is 13.1 Å². The van der Waals surface area contributed by atoms with E-state index >= 15 is 0 Å². The molecule has 2 rings (SSSR count). The minimum Gasteiger partial charge on any atom is -0.662 e. The van der Waals surface area contributed by atoms with Crippen molar-refractivity contribution < 1.29 is 32.1 Å². The van der Waals surface area contributed by atoms with Crippen molar-refractivity contribution in [3.05, 3.63) is 5.32 Å². The van der Waals surface area contributed by atoms with E-state index in [1.807, 2.05) is 0 Å². The minimum absolute atomic E-state index is 0. The average Bonchev–Trinajstić information content (AvgIpc) is 2.33. The molecular weight excluding hydrogens is 241 g/mol. The van der Waals surface area contributed by atoms with Crippen LogP contribution in [0.15, 0.2) is 0 Å². The third-order valence-electron chi connectivity index (χ3n) is 2.40. The van der Waals surface area contributed by atoms with Crippen molar-refractivity contribution in [3.8, 4) is 0 Å². The minimum atomic E-state index is 0. The van der Waals surface area contributed by atoms with E-state index in [0.717, 1.165) is 19.6 Å². The Kier molecular flexibility index (Phi) is 3.30. The van der Waals surface area contributed by atoms with Gasteiger partial charge in [0.1, 0.15) is 0 Å². The molecule has 3 nitrogen and oxygen atoms in total. The van der Waals surface area contributed by atoms with Gasteiger partial charge in [0.05, 0.1) is 0 Å². The van der Waals surface area contributed by atoms with E-state index in [-0.39, 0.29) is 33.2 Å². The van der Waals surface area contributed by atoms with Crippen molar-refractivity contribution in [1.29, 1.82) is 0 Å².